The fourth-order valence-electron chi connectivity index (χ4n) is 5.86. The Morgan fingerprint density at radius 2 is 1.12 bits per heavy atom. The van der Waals surface area contributed by atoms with Crippen LogP contribution in [0.3, 0.4) is 0 Å². The van der Waals surface area contributed by atoms with Crippen molar-refractivity contribution in [3.63, 3.8) is 0 Å². The number of carbonyl (C=O) groups excluding carboxylic acids is 1. The van der Waals surface area contributed by atoms with Crippen LogP contribution >= 0.6 is 0 Å². The second kappa shape index (κ2) is 16.5. The molecule has 1 spiro atoms. The molecule has 3 aliphatic heterocycles. The lowest BCUT2D eigenvalue weighted by Crippen LogP contribution is -2.48. The number of rotatable bonds is 10. The number of hydrogen-bond donors (Lipinski definition) is 2. The van der Waals surface area contributed by atoms with Crippen molar-refractivity contribution >= 4 is 37.8 Å². The van der Waals surface area contributed by atoms with Gasteiger partial charge in [0.2, 0.25) is 20.0 Å². The van der Waals surface area contributed by atoms with Crippen molar-refractivity contribution in [1.82, 2.24) is 8.61 Å². The largest absolute Gasteiger partial charge is 0.478 e. The summed E-state index contributed by atoms with van der Waals surface area (Å²) in [4.78, 5) is 33.0. The molecule has 3 saturated heterocycles. The van der Waals surface area contributed by atoms with Gasteiger partial charge in [0, 0.05) is 51.9 Å². The summed E-state index contributed by atoms with van der Waals surface area (Å²) in [6.07, 6.45) is 2.37. The molecule has 0 aliphatic carbocycles. The molecule has 2 N–H and O–H groups in total. The molecule has 0 aromatic heterocycles. The van der Waals surface area contributed by atoms with Crippen LogP contribution in [0.25, 0.3) is 0 Å². The van der Waals surface area contributed by atoms with E-state index in [1.165, 1.54) is 20.7 Å². The molecule has 0 atom stereocenters. The highest BCUT2D eigenvalue weighted by Gasteiger charge is 2.42. The van der Waals surface area contributed by atoms with E-state index >= 15 is 0 Å². The normalized spacial score (nSPS) is 18.5. The zero-order valence-electron chi connectivity index (χ0n) is 26.6. The minimum Gasteiger partial charge on any atom is -0.478 e. The van der Waals surface area contributed by atoms with Crippen molar-refractivity contribution in [2.45, 2.75) is 65.6 Å². The molecule has 3 heterocycles. The Balaban J connectivity index is 0.000000257. The first-order valence-corrected chi connectivity index (χ1v) is 18.7. The zero-order chi connectivity index (χ0) is 34.4. The molecule has 3 fully saturated rings. The van der Waals surface area contributed by atoms with Crippen molar-refractivity contribution in [1.29, 1.82) is 0 Å². The minimum absolute atomic E-state index is 0. The molecule has 0 amide bonds. The van der Waals surface area contributed by atoms with E-state index in [1.807, 2.05) is 0 Å². The van der Waals surface area contributed by atoms with Crippen molar-refractivity contribution in [3.8, 4) is 0 Å². The molecule has 3 aliphatic rings. The zero-order valence-corrected chi connectivity index (χ0v) is 28.3. The maximum Gasteiger partial charge on any atom is 0.335 e. The highest BCUT2D eigenvalue weighted by Crippen LogP contribution is 2.32. The third-order valence-electron chi connectivity index (χ3n) is 8.80. The number of aryl methyl sites for hydroxylation is 4. The predicted octanol–water partition coefficient (Wildman–Crippen LogP) is 3.27. The molecule has 266 valence electrons. The fourth-order valence-corrected chi connectivity index (χ4v) is 8.81. The number of benzene rings is 2. The van der Waals surface area contributed by atoms with E-state index in [9.17, 15) is 31.2 Å². The lowest BCUT2D eigenvalue weighted by Gasteiger charge is -2.36. The van der Waals surface area contributed by atoms with Gasteiger partial charge in [-0.05, 0) is 73.2 Å². The quantitative estimate of drug-likeness (QED) is 0.369. The van der Waals surface area contributed by atoms with E-state index in [-0.39, 0.29) is 61.8 Å². The fraction of sp³-hybridized carbons (Fsp3) is 0.545. The second-order valence-corrected chi connectivity index (χ2v) is 16.1. The number of aromatic carboxylic acids is 2. The van der Waals surface area contributed by atoms with Gasteiger partial charge in [-0.3, -0.25) is 4.79 Å². The van der Waals surface area contributed by atoms with Gasteiger partial charge in [0.15, 0.2) is 5.79 Å². The lowest BCUT2D eigenvalue weighted by molar-refractivity contribution is -0.179. The summed E-state index contributed by atoms with van der Waals surface area (Å²) in [6, 6.07) is 9.47. The molecule has 0 bridgehead atoms. The first kappa shape index (κ1) is 39.2. The first-order chi connectivity index (χ1) is 22.1. The van der Waals surface area contributed by atoms with Gasteiger partial charge in [0.1, 0.15) is 5.78 Å². The topological polar surface area (TPSA) is 185 Å². The van der Waals surface area contributed by atoms with Crippen LogP contribution in [0.2, 0.25) is 0 Å². The summed E-state index contributed by atoms with van der Waals surface area (Å²) in [5.74, 6) is -2.49. The number of sulfonamides is 2. The summed E-state index contributed by atoms with van der Waals surface area (Å²) < 4.78 is 63.9. The average molecular weight is 711 g/mol. The van der Waals surface area contributed by atoms with Crippen LogP contribution < -0.4 is 0 Å². The predicted molar refractivity (Wildman–Crippen MR) is 179 cm³/mol. The molecule has 0 radical (unpaired) electrons. The Hall–Kier alpha value is -3.21. The molecule has 2 aromatic carbocycles. The highest BCUT2D eigenvalue weighted by atomic mass is 32.2. The lowest BCUT2D eigenvalue weighted by atomic mass is 10.0. The SMILES string of the molecule is C.Cc1cc(C(=O)O)ccc1CCS(=O)(=O)N1CCC(=O)CC1.Cc1cc(C(=O)O)ccc1CCS(=O)(=O)N1CCC2(CC1)OCCO2. The van der Waals surface area contributed by atoms with Crippen LogP contribution in [-0.2, 0) is 47.2 Å². The second-order valence-electron chi connectivity index (χ2n) is 12.0. The van der Waals surface area contributed by atoms with E-state index in [0.717, 1.165) is 22.3 Å². The third kappa shape index (κ3) is 10.2. The van der Waals surface area contributed by atoms with Crippen molar-refractivity contribution in [3.05, 3.63) is 69.8 Å². The molecule has 5 rings (SSSR count). The molecule has 2 aromatic rings. The van der Waals surface area contributed by atoms with Crippen LogP contribution in [0.4, 0.5) is 0 Å². The van der Waals surface area contributed by atoms with Gasteiger partial charge in [0.25, 0.3) is 0 Å². The van der Waals surface area contributed by atoms with Crippen LogP contribution in [0, 0.1) is 13.8 Å². The molecular weight excluding hydrogens is 665 g/mol. The van der Waals surface area contributed by atoms with E-state index in [4.69, 9.17) is 19.7 Å². The monoisotopic (exact) mass is 710 g/mol. The average Bonchev–Trinajstić information content (AvgIpc) is 3.48. The summed E-state index contributed by atoms with van der Waals surface area (Å²) in [7, 11) is -6.75. The number of carboxylic acids is 2. The number of carbonyl (C=O) groups is 3. The Kier molecular flexibility index (Phi) is 13.5. The van der Waals surface area contributed by atoms with Crippen molar-refractivity contribution in [2.24, 2.45) is 0 Å². The minimum atomic E-state index is -3.38. The number of piperidine rings is 2. The van der Waals surface area contributed by atoms with Crippen molar-refractivity contribution in [2.75, 3.05) is 50.9 Å². The summed E-state index contributed by atoms with van der Waals surface area (Å²) in [5, 5.41) is 17.9. The number of Topliss-reactive ketones (excluding diaryl/α,β-unsaturated/α-hetero) is 1. The van der Waals surface area contributed by atoms with E-state index in [2.05, 4.69) is 0 Å². The van der Waals surface area contributed by atoms with Gasteiger partial charge in [-0.25, -0.2) is 35.0 Å². The van der Waals surface area contributed by atoms with E-state index < -0.39 is 37.8 Å². The Labute approximate surface area is 282 Å². The Morgan fingerprint density at radius 1 is 0.729 bits per heavy atom. The number of ketones is 1. The van der Waals surface area contributed by atoms with Gasteiger partial charge in [0.05, 0.1) is 35.8 Å². The summed E-state index contributed by atoms with van der Waals surface area (Å²) in [5.41, 5.74) is 3.64. The molecular formula is C33H46N2O11S2. The van der Waals surface area contributed by atoms with Gasteiger partial charge in [-0.15, -0.1) is 0 Å². The molecule has 0 unspecified atom stereocenters. The molecule has 48 heavy (non-hydrogen) atoms. The number of nitrogens with zero attached hydrogens (tertiary/aromatic N) is 2. The summed E-state index contributed by atoms with van der Waals surface area (Å²) in [6.45, 7) is 6.03. The van der Waals surface area contributed by atoms with E-state index in [0.29, 0.717) is 52.0 Å². The molecule has 15 heteroatoms. The van der Waals surface area contributed by atoms with E-state index in [1.54, 1.807) is 38.1 Å². The smallest absolute Gasteiger partial charge is 0.335 e. The number of hydrogen-bond acceptors (Lipinski definition) is 9. The van der Waals surface area contributed by atoms with Crippen LogP contribution in [-0.4, -0.2) is 110 Å². The molecule has 0 saturated carbocycles. The van der Waals surface area contributed by atoms with Crippen LogP contribution in [0.5, 0.6) is 0 Å². The molecule has 13 nitrogen and oxygen atoms in total. The third-order valence-corrected chi connectivity index (χ3v) is 12.5. The van der Waals surface area contributed by atoms with Gasteiger partial charge < -0.3 is 19.7 Å². The van der Waals surface area contributed by atoms with Gasteiger partial charge in [-0.1, -0.05) is 19.6 Å². The van der Waals surface area contributed by atoms with Gasteiger partial charge >= 0.3 is 11.9 Å². The standard InChI is InChI=1S/C17H23NO6S.C15H19NO5S.CH4/c1-13-12-15(16(19)20)3-2-14(13)4-11-25(21,22)18-7-5-17(6-8-18)23-9-10-24-17;1-11-10-13(15(18)19)3-2-12(11)6-9-22(20,21)16-7-4-14(17)5-8-16;/h2-3,12H,4-11H2,1H3,(H,19,20);2-3,10H,4-9H2,1H3,(H,18,19);1H4. The Bertz CT molecular complexity index is 1680. The maximum absolute atomic E-state index is 12.6. The van der Waals surface area contributed by atoms with Crippen LogP contribution in [0.1, 0.15) is 76.1 Å². The number of ether oxygens (including phenoxy) is 2. The highest BCUT2D eigenvalue weighted by molar-refractivity contribution is 7.89. The van der Waals surface area contributed by atoms with Crippen molar-refractivity contribution < 1.29 is 50.9 Å². The van der Waals surface area contributed by atoms with Gasteiger partial charge in [-0.2, -0.15) is 0 Å². The Morgan fingerprint density at radius 3 is 1.50 bits per heavy atom. The number of carboxylic acid groups (broad SMARTS) is 2. The van der Waals surface area contributed by atoms with Crippen LogP contribution in [0.15, 0.2) is 36.4 Å². The summed E-state index contributed by atoms with van der Waals surface area (Å²) >= 11 is 0. The maximum atomic E-state index is 12.6. The first-order valence-electron chi connectivity index (χ1n) is 15.5.